The van der Waals surface area contributed by atoms with E-state index in [0.717, 1.165) is 23.5 Å². The maximum absolute atomic E-state index is 12.9. The third kappa shape index (κ3) is 4.17. The number of nitrogens with one attached hydrogen (secondary N) is 1. The Kier molecular flexibility index (Phi) is 6.29. The van der Waals surface area contributed by atoms with Crippen LogP contribution in [0.5, 0.6) is 0 Å². The summed E-state index contributed by atoms with van der Waals surface area (Å²) in [4.78, 5) is 36.5. The van der Waals surface area contributed by atoms with E-state index in [9.17, 15) is 18.8 Å². The van der Waals surface area contributed by atoms with E-state index in [1.807, 2.05) is 0 Å². The van der Waals surface area contributed by atoms with Gasteiger partial charge in [-0.15, -0.1) is 11.3 Å². The molecular formula is C17H17FN2O5S. The molecule has 0 fully saturated rings. The van der Waals surface area contributed by atoms with Crippen LogP contribution in [-0.4, -0.2) is 31.5 Å². The predicted molar refractivity (Wildman–Crippen MR) is 93.6 cm³/mol. The number of rotatable bonds is 6. The zero-order chi connectivity index (χ0) is 19.3. The Morgan fingerprint density at radius 1 is 1.15 bits per heavy atom. The van der Waals surface area contributed by atoms with Crippen molar-refractivity contribution in [1.82, 2.24) is 5.32 Å². The van der Waals surface area contributed by atoms with Gasteiger partial charge in [0, 0.05) is 12.6 Å². The lowest BCUT2D eigenvalue weighted by Gasteiger charge is -2.09. The maximum atomic E-state index is 12.9. The normalized spacial score (nSPS) is 10.3. The Bertz CT molecular complexity index is 832. The Morgan fingerprint density at radius 2 is 1.81 bits per heavy atom. The zero-order valence-corrected chi connectivity index (χ0v) is 14.9. The SMILES string of the molecule is CCOC(=O)c1c(N)sc(C(=O)NC)c1COC(=O)c1ccc(F)cc1. The first-order chi connectivity index (χ1) is 12.4. The first kappa shape index (κ1) is 19.4. The third-order valence-electron chi connectivity index (χ3n) is 3.37. The molecule has 138 valence electrons. The lowest BCUT2D eigenvalue weighted by molar-refractivity contribution is 0.0449. The third-order valence-corrected chi connectivity index (χ3v) is 4.43. The summed E-state index contributed by atoms with van der Waals surface area (Å²) >= 11 is 0.901. The highest BCUT2D eigenvalue weighted by atomic mass is 32.1. The topological polar surface area (TPSA) is 108 Å². The smallest absolute Gasteiger partial charge is 0.341 e. The second kappa shape index (κ2) is 8.43. The van der Waals surface area contributed by atoms with E-state index in [2.05, 4.69) is 5.32 Å². The molecule has 2 rings (SSSR count). The second-order valence-corrected chi connectivity index (χ2v) is 6.08. The molecule has 0 aliphatic heterocycles. The van der Waals surface area contributed by atoms with Gasteiger partial charge in [0.05, 0.1) is 12.2 Å². The molecule has 1 aromatic heterocycles. The first-order valence-corrected chi connectivity index (χ1v) is 8.43. The van der Waals surface area contributed by atoms with E-state index in [1.165, 1.54) is 19.2 Å². The number of amides is 1. The van der Waals surface area contributed by atoms with Crippen molar-refractivity contribution in [3.8, 4) is 0 Å². The fourth-order valence-electron chi connectivity index (χ4n) is 2.15. The average molecular weight is 380 g/mol. The molecule has 3 N–H and O–H groups in total. The van der Waals surface area contributed by atoms with Crippen LogP contribution in [0.25, 0.3) is 0 Å². The molecule has 2 aromatic rings. The lowest BCUT2D eigenvalue weighted by Crippen LogP contribution is -2.19. The molecule has 0 unspecified atom stereocenters. The summed E-state index contributed by atoms with van der Waals surface area (Å²) in [5.74, 6) is -2.39. The Hall–Kier alpha value is -2.94. The van der Waals surface area contributed by atoms with Crippen molar-refractivity contribution < 1.29 is 28.2 Å². The van der Waals surface area contributed by atoms with Gasteiger partial charge < -0.3 is 20.5 Å². The quantitative estimate of drug-likeness (QED) is 0.745. The van der Waals surface area contributed by atoms with E-state index in [4.69, 9.17) is 15.2 Å². The van der Waals surface area contributed by atoms with Crippen LogP contribution in [0, 0.1) is 5.82 Å². The van der Waals surface area contributed by atoms with Gasteiger partial charge in [0.15, 0.2) is 0 Å². The number of halogens is 1. The molecular weight excluding hydrogens is 363 g/mol. The van der Waals surface area contributed by atoms with Crippen LogP contribution in [0.15, 0.2) is 24.3 Å². The molecule has 1 aromatic carbocycles. The molecule has 26 heavy (non-hydrogen) atoms. The van der Waals surface area contributed by atoms with Crippen LogP contribution in [0.2, 0.25) is 0 Å². The molecule has 1 heterocycles. The van der Waals surface area contributed by atoms with Gasteiger partial charge in [-0.2, -0.15) is 0 Å². The van der Waals surface area contributed by atoms with Gasteiger partial charge >= 0.3 is 11.9 Å². The average Bonchev–Trinajstić information content (AvgIpc) is 2.96. The number of carbonyl (C=O) groups excluding carboxylic acids is 3. The van der Waals surface area contributed by atoms with E-state index in [0.29, 0.717) is 0 Å². The number of anilines is 1. The predicted octanol–water partition coefficient (Wildman–Crippen LogP) is 2.36. The number of hydrogen-bond acceptors (Lipinski definition) is 7. The first-order valence-electron chi connectivity index (χ1n) is 7.62. The number of ether oxygens (including phenoxy) is 2. The second-order valence-electron chi connectivity index (χ2n) is 5.03. The molecule has 7 nitrogen and oxygen atoms in total. The number of carbonyl (C=O) groups is 3. The number of benzene rings is 1. The molecule has 0 aliphatic rings. The van der Waals surface area contributed by atoms with Gasteiger partial charge in [-0.25, -0.2) is 14.0 Å². The van der Waals surface area contributed by atoms with Crippen LogP contribution in [0.4, 0.5) is 9.39 Å². The van der Waals surface area contributed by atoms with E-state index in [1.54, 1.807) is 6.92 Å². The van der Waals surface area contributed by atoms with Gasteiger partial charge in [-0.05, 0) is 31.2 Å². The molecule has 0 bridgehead atoms. The van der Waals surface area contributed by atoms with Gasteiger partial charge in [-0.3, -0.25) is 4.79 Å². The Morgan fingerprint density at radius 3 is 2.38 bits per heavy atom. The van der Waals surface area contributed by atoms with Crippen molar-refractivity contribution in [2.75, 3.05) is 19.4 Å². The van der Waals surface area contributed by atoms with Crippen molar-refractivity contribution >= 4 is 34.2 Å². The summed E-state index contributed by atoms with van der Waals surface area (Å²) in [5, 5.41) is 2.53. The zero-order valence-electron chi connectivity index (χ0n) is 14.1. The minimum atomic E-state index is -0.729. The van der Waals surface area contributed by atoms with Crippen LogP contribution in [0.1, 0.15) is 42.9 Å². The molecule has 9 heteroatoms. The summed E-state index contributed by atoms with van der Waals surface area (Å²) in [6, 6.07) is 4.79. The van der Waals surface area contributed by atoms with Gasteiger partial charge in [0.2, 0.25) is 0 Å². The highest BCUT2D eigenvalue weighted by Crippen LogP contribution is 2.32. The fourth-order valence-corrected chi connectivity index (χ4v) is 3.16. The molecule has 0 saturated carbocycles. The van der Waals surface area contributed by atoms with Crippen molar-refractivity contribution in [3.63, 3.8) is 0 Å². The molecule has 0 spiro atoms. The van der Waals surface area contributed by atoms with E-state index in [-0.39, 0.29) is 39.8 Å². The number of nitrogens with two attached hydrogens (primary N) is 1. The standard InChI is InChI=1S/C17H17FN2O5S/c1-3-24-17(23)12-11(13(15(21)20-2)26-14(12)19)8-25-16(22)9-4-6-10(18)7-5-9/h4-7H,3,8,19H2,1-2H3,(H,20,21). The number of thiophene rings is 1. The van der Waals surface area contributed by atoms with Crippen molar-refractivity contribution in [3.05, 3.63) is 51.7 Å². The number of hydrogen-bond donors (Lipinski definition) is 2. The van der Waals surface area contributed by atoms with E-state index < -0.39 is 23.7 Å². The van der Waals surface area contributed by atoms with E-state index >= 15 is 0 Å². The Balaban J connectivity index is 2.30. The largest absolute Gasteiger partial charge is 0.462 e. The minimum Gasteiger partial charge on any atom is -0.462 e. The lowest BCUT2D eigenvalue weighted by atomic mass is 10.1. The van der Waals surface area contributed by atoms with Crippen LogP contribution < -0.4 is 11.1 Å². The van der Waals surface area contributed by atoms with Crippen molar-refractivity contribution in [2.45, 2.75) is 13.5 Å². The number of esters is 2. The van der Waals surface area contributed by atoms with Gasteiger partial charge in [0.1, 0.15) is 27.9 Å². The Labute approximate surface area is 152 Å². The van der Waals surface area contributed by atoms with Crippen molar-refractivity contribution in [2.24, 2.45) is 0 Å². The number of nitrogen functional groups attached to an aromatic ring is 1. The molecule has 0 aliphatic carbocycles. The molecule has 1 amide bonds. The highest BCUT2D eigenvalue weighted by molar-refractivity contribution is 7.18. The summed E-state index contributed by atoms with van der Waals surface area (Å²) in [6.45, 7) is 1.40. The van der Waals surface area contributed by atoms with Crippen LogP contribution in [0.3, 0.4) is 0 Å². The highest BCUT2D eigenvalue weighted by Gasteiger charge is 2.27. The molecule has 0 saturated heterocycles. The molecule has 0 radical (unpaired) electrons. The van der Waals surface area contributed by atoms with Gasteiger partial charge in [-0.1, -0.05) is 0 Å². The summed E-state index contributed by atoms with van der Waals surface area (Å²) in [7, 11) is 1.43. The monoisotopic (exact) mass is 380 g/mol. The van der Waals surface area contributed by atoms with Gasteiger partial charge in [0.25, 0.3) is 5.91 Å². The minimum absolute atomic E-state index is 0.00218. The molecule has 0 atom stereocenters. The van der Waals surface area contributed by atoms with Crippen molar-refractivity contribution in [1.29, 1.82) is 0 Å². The fraction of sp³-hybridized carbons (Fsp3) is 0.235. The van der Waals surface area contributed by atoms with Crippen LogP contribution in [-0.2, 0) is 16.1 Å². The van der Waals surface area contributed by atoms with Crippen LogP contribution >= 0.6 is 11.3 Å². The summed E-state index contributed by atoms with van der Waals surface area (Å²) in [5.41, 5.74) is 6.16. The summed E-state index contributed by atoms with van der Waals surface area (Å²) < 4.78 is 23.1. The maximum Gasteiger partial charge on any atom is 0.341 e. The summed E-state index contributed by atoms with van der Waals surface area (Å²) in [6.07, 6.45) is 0.